The number of carbonyl (C=O) groups excluding carboxylic acids is 3. The molecule has 0 radical (unpaired) electrons. The summed E-state index contributed by atoms with van der Waals surface area (Å²) in [4.78, 5) is 39.7. The van der Waals surface area contributed by atoms with Crippen LogP contribution in [0.1, 0.15) is 11.1 Å². The van der Waals surface area contributed by atoms with E-state index in [2.05, 4.69) is 10.6 Å². The predicted octanol–water partition coefficient (Wildman–Crippen LogP) is 1.55. The van der Waals surface area contributed by atoms with Crippen LogP contribution in [-0.2, 0) is 22.7 Å². The van der Waals surface area contributed by atoms with Crippen LogP contribution < -0.4 is 16.4 Å². The lowest BCUT2D eigenvalue weighted by Gasteiger charge is -2.34. The van der Waals surface area contributed by atoms with E-state index in [1.54, 1.807) is 21.9 Å². The van der Waals surface area contributed by atoms with E-state index in [1.165, 1.54) is 0 Å². The molecule has 3 rings (SSSR count). The fourth-order valence-corrected chi connectivity index (χ4v) is 3.12. The van der Waals surface area contributed by atoms with Gasteiger partial charge in [0.15, 0.2) is 0 Å². The van der Waals surface area contributed by atoms with Crippen molar-refractivity contribution in [1.29, 1.82) is 0 Å². The summed E-state index contributed by atoms with van der Waals surface area (Å²) in [6.07, 6.45) is -0.641. The van der Waals surface area contributed by atoms with Crippen molar-refractivity contribution in [3.63, 3.8) is 0 Å². The van der Waals surface area contributed by atoms with Crippen LogP contribution in [0.15, 0.2) is 54.6 Å². The molecule has 0 spiro atoms. The molecule has 1 aliphatic rings. The first kappa shape index (κ1) is 21.9. The molecule has 164 valence electrons. The Morgan fingerprint density at radius 2 is 1.48 bits per heavy atom. The third-order valence-electron chi connectivity index (χ3n) is 4.94. The quantitative estimate of drug-likeness (QED) is 0.607. The van der Waals surface area contributed by atoms with Crippen molar-refractivity contribution in [3.8, 4) is 0 Å². The van der Waals surface area contributed by atoms with Gasteiger partial charge < -0.3 is 30.9 Å². The number of nitrogens with two attached hydrogens (primary N) is 1. The van der Waals surface area contributed by atoms with E-state index in [0.29, 0.717) is 38.4 Å². The SMILES string of the molecule is Nc1ccc(CNC(=O)N2CCN(C(=O)CNC(=O)OCc3ccccc3)CC2)cc1. The van der Waals surface area contributed by atoms with Crippen molar-refractivity contribution in [1.82, 2.24) is 20.4 Å². The van der Waals surface area contributed by atoms with Crippen molar-refractivity contribution in [2.75, 3.05) is 38.5 Å². The highest BCUT2D eigenvalue weighted by Gasteiger charge is 2.24. The number of nitrogen functional groups attached to an aromatic ring is 1. The Morgan fingerprint density at radius 3 is 2.16 bits per heavy atom. The Kier molecular flexibility index (Phi) is 7.69. The molecule has 1 aliphatic heterocycles. The van der Waals surface area contributed by atoms with Crippen LogP contribution in [0.25, 0.3) is 0 Å². The van der Waals surface area contributed by atoms with Gasteiger partial charge in [-0.3, -0.25) is 4.79 Å². The Balaban J connectivity index is 1.32. The maximum atomic E-state index is 12.3. The van der Waals surface area contributed by atoms with E-state index in [-0.39, 0.29) is 25.1 Å². The topological polar surface area (TPSA) is 117 Å². The van der Waals surface area contributed by atoms with E-state index in [0.717, 1.165) is 11.1 Å². The molecule has 0 aliphatic carbocycles. The Bertz CT molecular complexity index is 881. The number of nitrogens with one attached hydrogen (secondary N) is 2. The Labute approximate surface area is 181 Å². The second kappa shape index (κ2) is 10.9. The molecule has 0 saturated carbocycles. The molecule has 2 aromatic rings. The van der Waals surface area contributed by atoms with Gasteiger partial charge in [-0.1, -0.05) is 42.5 Å². The second-order valence-corrected chi connectivity index (χ2v) is 7.18. The van der Waals surface area contributed by atoms with E-state index in [9.17, 15) is 14.4 Å². The van der Waals surface area contributed by atoms with E-state index in [4.69, 9.17) is 10.5 Å². The molecule has 9 nitrogen and oxygen atoms in total. The highest BCUT2D eigenvalue weighted by atomic mass is 16.5. The first-order valence-electron chi connectivity index (χ1n) is 10.1. The van der Waals surface area contributed by atoms with Crippen molar-refractivity contribution in [2.24, 2.45) is 0 Å². The molecule has 0 unspecified atom stereocenters. The third kappa shape index (κ3) is 6.91. The average Bonchev–Trinajstić information content (AvgIpc) is 2.81. The van der Waals surface area contributed by atoms with Gasteiger partial charge >= 0.3 is 12.1 Å². The molecule has 1 heterocycles. The smallest absolute Gasteiger partial charge is 0.407 e. The number of carbonyl (C=O) groups is 3. The summed E-state index contributed by atoms with van der Waals surface area (Å²) in [5.41, 5.74) is 8.16. The molecule has 2 aromatic carbocycles. The minimum atomic E-state index is -0.641. The molecular weight excluding hydrogens is 398 g/mol. The average molecular weight is 425 g/mol. The maximum Gasteiger partial charge on any atom is 0.407 e. The lowest BCUT2D eigenvalue weighted by Crippen LogP contribution is -2.54. The summed E-state index contributed by atoms with van der Waals surface area (Å²) < 4.78 is 5.10. The molecule has 0 bridgehead atoms. The van der Waals surface area contributed by atoms with Crippen molar-refractivity contribution in [2.45, 2.75) is 13.2 Å². The summed E-state index contributed by atoms with van der Waals surface area (Å²) >= 11 is 0. The first-order chi connectivity index (χ1) is 15.0. The fourth-order valence-electron chi connectivity index (χ4n) is 3.12. The van der Waals surface area contributed by atoms with Gasteiger partial charge in [0.05, 0.1) is 0 Å². The number of benzene rings is 2. The fraction of sp³-hybridized carbons (Fsp3) is 0.318. The van der Waals surface area contributed by atoms with Crippen molar-refractivity contribution < 1.29 is 19.1 Å². The highest BCUT2D eigenvalue weighted by Crippen LogP contribution is 2.07. The van der Waals surface area contributed by atoms with Gasteiger partial charge in [-0.05, 0) is 23.3 Å². The van der Waals surface area contributed by atoms with Gasteiger partial charge in [-0.2, -0.15) is 0 Å². The minimum absolute atomic E-state index is 0.142. The normalized spacial score (nSPS) is 13.4. The molecule has 31 heavy (non-hydrogen) atoms. The van der Waals surface area contributed by atoms with E-state index >= 15 is 0 Å². The van der Waals surface area contributed by atoms with Gasteiger partial charge in [-0.25, -0.2) is 9.59 Å². The van der Waals surface area contributed by atoms with Crippen LogP contribution in [0, 0.1) is 0 Å². The van der Waals surface area contributed by atoms with Gasteiger partial charge in [0, 0.05) is 38.4 Å². The van der Waals surface area contributed by atoms with Crippen LogP contribution in [0.2, 0.25) is 0 Å². The maximum absolute atomic E-state index is 12.3. The number of urea groups is 1. The van der Waals surface area contributed by atoms with Gasteiger partial charge in [0.2, 0.25) is 5.91 Å². The molecule has 0 atom stereocenters. The van der Waals surface area contributed by atoms with Gasteiger partial charge in [-0.15, -0.1) is 0 Å². The molecule has 9 heteroatoms. The number of hydrogen-bond donors (Lipinski definition) is 3. The molecular formula is C22H27N5O4. The monoisotopic (exact) mass is 425 g/mol. The number of anilines is 1. The van der Waals surface area contributed by atoms with Crippen LogP contribution in [-0.4, -0.2) is 60.6 Å². The van der Waals surface area contributed by atoms with Crippen LogP contribution in [0.4, 0.5) is 15.3 Å². The lowest BCUT2D eigenvalue weighted by atomic mass is 10.2. The van der Waals surface area contributed by atoms with E-state index in [1.807, 2.05) is 42.5 Å². The zero-order valence-electron chi connectivity index (χ0n) is 17.3. The molecule has 1 fully saturated rings. The zero-order valence-corrected chi connectivity index (χ0v) is 17.3. The van der Waals surface area contributed by atoms with Gasteiger partial charge in [0.25, 0.3) is 0 Å². The predicted molar refractivity (Wildman–Crippen MR) is 116 cm³/mol. The van der Waals surface area contributed by atoms with Crippen molar-refractivity contribution >= 4 is 23.7 Å². The van der Waals surface area contributed by atoms with E-state index < -0.39 is 6.09 Å². The lowest BCUT2D eigenvalue weighted by molar-refractivity contribution is -0.131. The number of hydrogen-bond acceptors (Lipinski definition) is 5. The number of nitrogens with zero attached hydrogens (tertiary/aromatic N) is 2. The number of alkyl carbamates (subject to hydrolysis) is 1. The summed E-state index contributed by atoms with van der Waals surface area (Å²) in [7, 11) is 0. The Morgan fingerprint density at radius 1 is 0.839 bits per heavy atom. The zero-order chi connectivity index (χ0) is 22.1. The summed E-state index contributed by atoms with van der Waals surface area (Å²) in [5, 5.41) is 5.34. The molecule has 1 saturated heterocycles. The number of piperazine rings is 1. The summed E-state index contributed by atoms with van der Waals surface area (Å²) in [5.74, 6) is -0.210. The molecule has 0 aromatic heterocycles. The van der Waals surface area contributed by atoms with Crippen molar-refractivity contribution in [3.05, 3.63) is 65.7 Å². The van der Waals surface area contributed by atoms with Crippen LogP contribution in [0.5, 0.6) is 0 Å². The highest BCUT2D eigenvalue weighted by molar-refractivity contribution is 5.82. The summed E-state index contributed by atoms with van der Waals surface area (Å²) in [6, 6.07) is 16.4. The third-order valence-corrected chi connectivity index (χ3v) is 4.94. The molecule has 4 amide bonds. The number of amides is 4. The van der Waals surface area contributed by atoms with Crippen LogP contribution in [0.3, 0.4) is 0 Å². The largest absolute Gasteiger partial charge is 0.445 e. The molecule has 4 N–H and O–H groups in total. The van der Waals surface area contributed by atoms with Crippen LogP contribution >= 0.6 is 0 Å². The summed E-state index contributed by atoms with van der Waals surface area (Å²) in [6.45, 7) is 2.09. The minimum Gasteiger partial charge on any atom is -0.445 e. The standard InChI is InChI=1S/C22H27N5O4/c23-19-8-6-17(7-9-19)14-24-21(29)27-12-10-26(11-13-27)20(28)15-25-22(30)31-16-18-4-2-1-3-5-18/h1-9H,10-16,23H2,(H,24,29)(H,25,30). The number of rotatable bonds is 6. The number of ether oxygens (including phenoxy) is 1. The Hall–Kier alpha value is -3.75. The second-order valence-electron chi connectivity index (χ2n) is 7.18. The van der Waals surface area contributed by atoms with Gasteiger partial charge in [0.1, 0.15) is 13.2 Å². The first-order valence-corrected chi connectivity index (χ1v) is 10.1.